The van der Waals surface area contributed by atoms with Crippen LogP contribution in [0.1, 0.15) is 34.6 Å². The molecule has 2 nitrogen and oxygen atoms in total. The van der Waals surface area contributed by atoms with Gasteiger partial charge in [0, 0.05) is 12.6 Å². The summed E-state index contributed by atoms with van der Waals surface area (Å²) in [6.07, 6.45) is 0. The summed E-state index contributed by atoms with van der Waals surface area (Å²) in [6.45, 7) is 13.5. The predicted octanol–water partition coefficient (Wildman–Crippen LogP) is 1.61. The van der Waals surface area contributed by atoms with Gasteiger partial charge in [-0.25, -0.2) is 0 Å². The van der Waals surface area contributed by atoms with Gasteiger partial charge in [0.2, 0.25) is 0 Å². The summed E-state index contributed by atoms with van der Waals surface area (Å²) in [7, 11) is 0. The molecule has 78 valence electrons. The van der Waals surface area contributed by atoms with Gasteiger partial charge >= 0.3 is 0 Å². The smallest absolute Gasteiger partial charge is 0.0136 e. The number of nitrogens with two attached hydrogens (primary N) is 1. The van der Waals surface area contributed by atoms with E-state index in [2.05, 4.69) is 33.0 Å². The highest BCUT2D eigenvalue weighted by molar-refractivity contribution is 5.12. The summed E-state index contributed by atoms with van der Waals surface area (Å²) >= 11 is 0. The molecular formula is C11H24N2. The van der Waals surface area contributed by atoms with Crippen LogP contribution >= 0.6 is 0 Å². The molecule has 0 spiro atoms. The normalized spacial score (nSPS) is 27.2. The average Bonchev–Trinajstić information content (AvgIpc) is 2.30. The summed E-state index contributed by atoms with van der Waals surface area (Å²) in [6, 6.07) is 0.268. The first-order valence-electron chi connectivity index (χ1n) is 5.26. The highest BCUT2D eigenvalue weighted by Crippen LogP contribution is 2.67. The van der Waals surface area contributed by atoms with Crippen molar-refractivity contribution in [1.29, 1.82) is 0 Å². The zero-order chi connectivity index (χ0) is 10.3. The molecule has 1 unspecified atom stereocenters. The van der Waals surface area contributed by atoms with E-state index in [1.807, 2.05) is 6.92 Å². The number of hydrogen-bond donors (Lipinski definition) is 2. The Morgan fingerprint density at radius 1 is 1.23 bits per heavy atom. The van der Waals surface area contributed by atoms with E-state index < -0.39 is 0 Å². The maximum absolute atomic E-state index is 5.67. The van der Waals surface area contributed by atoms with Gasteiger partial charge in [0.15, 0.2) is 0 Å². The molecular weight excluding hydrogens is 160 g/mol. The predicted molar refractivity (Wildman–Crippen MR) is 57.6 cm³/mol. The van der Waals surface area contributed by atoms with Gasteiger partial charge in [0.05, 0.1) is 0 Å². The molecule has 0 bridgehead atoms. The molecule has 1 aliphatic rings. The van der Waals surface area contributed by atoms with E-state index in [-0.39, 0.29) is 6.04 Å². The quantitative estimate of drug-likeness (QED) is 0.696. The summed E-state index contributed by atoms with van der Waals surface area (Å²) in [5.41, 5.74) is 6.67. The minimum atomic E-state index is 0.268. The maximum atomic E-state index is 5.67. The van der Waals surface area contributed by atoms with Crippen molar-refractivity contribution in [2.24, 2.45) is 22.5 Å². The monoisotopic (exact) mass is 184 g/mol. The van der Waals surface area contributed by atoms with Gasteiger partial charge in [-0.2, -0.15) is 0 Å². The second-order valence-corrected chi connectivity index (χ2v) is 5.63. The van der Waals surface area contributed by atoms with Crippen LogP contribution in [0.5, 0.6) is 0 Å². The van der Waals surface area contributed by atoms with Crippen molar-refractivity contribution in [3.05, 3.63) is 0 Å². The van der Waals surface area contributed by atoms with Crippen LogP contribution in [-0.4, -0.2) is 19.1 Å². The Labute approximate surface area is 82.3 Å². The van der Waals surface area contributed by atoms with Crippen LogP contribution < -0.4 is 11.1 Å². The lowest BCUT2D eigenvalue weighted by Crippen LogP contribution is -2.32. The molecule has 0 aromatic carbocycles. The second kappa shape index (κ2) is 3.25. The Kier molecular flexibility index (Phi) is 2.75. The third-order valence-electron chi connectivity index (χ3n) is 4.13. The molecule has 1 atom stereocenters. The minimum Gasteiger partial charge on any atom is -0.327 e. The third-order valence-corrected chi connectivity index (χ3v) is 4.13. The minimum absolute atomic E-state index is 0.268. The van der Waals surface area contributed by atoms with Crippen LogP contribution in [0.4, 0.5) is 0 Å². The topological polar surface area (TPSA) is 38.0 Å². The lowest BCUT2D eigenvalue weighted by Gasteiger charge is -2.08. The van der Waals surface area contributed by atoms with Crippen LogP contribution in [0, 0.1) is 16.7 Å². The Hall–Kier alpha value is -0.0800. The Morgan fingerprint density at radius 2 is 1.69 bits per heavy atom. The van der Waals surface area contributed by atoms with Gasteiger partial charge in [-0.15, -0.1) is 0 Å². The summed E-state index contributed by atoms with van der Waals surface area (Å²) in [5, 5.41) is 3.43. The van der Waals surface area contributed by atoms with Gasteiger partial charge < -0.3 is 11.1 Å². The van der Waals surface area contributed by atoms with Crippen molar-refractivity contribution in [2.45, 2.75) is 40.7 Å². The molecule has 0 radical (unpaired) electrons. The SMILES string of the molecule is CC(N)CNCC1C(C)(C)C1(C)C. The van der Waals surface area contributed by atoms with Crippen LogP contribution in [0.15, 0.2) is 0 Å². The highest BCUT2D eigenvalue weighted by Gasteiger charge is 2.63. The maximum Gasteiger partial charge on any atom is 0.0136 e. The van der Waals surface area contributed by atoms with Crippen molar-refractivity contribution >= 4 is 0 Å². The molecule has 1 aliphatic carbocycles. The fourth-order valence-electron chi connectivity index (χ4n) is 2.30. The molecule has 0 heterocycles. The second-order valence-electron chi connectivity index (χ2n) is 5.63. The zero-order valence-corrected chi connectivity index (χ0v) is 9.65. The molecule has 3 N–H and O–H groups in total. The van der Waals surface area contributed by atoms with Gasteiger partial charge in [-0.1, -0.05) is 27.7 Å². The first-order valence-corrected chi connectivity index (χ1v) is 5.26. The van der Waals surface area contributed by atoms with E-state index >= 15 is 0 Å². The lowest BCUT2D eigenvalue weighted by molar-refractivity contribution is 0.457. The summed E-state index contributed by atoms with van der Waals surface area (Å²) in [5.74, 6) is 0.804. The number of hydrogen-bond acceptors (Lipinski definition) is 2. The van der Waals surface area contributed by atoms with Crippen molar-refractivity contribution in [1.82, 2.24) is 5.32 Å². The van der Waals surface area contributed by atoms with Gasteiger partial charge in [-0.05, 0) is 30.2 Å². The fraction of sp³-hybridized carbons (Fsp3) is 1.00. The molecule has 1 rings (SSSR count). The Balaban J connectivity index is 2.26. The molecule has 2 heteroatoms. The average molecular weight is 184 g/mol. The molecule has 0 aromatic rings. The van der Waals surface area contributed by atoms with E-state index in [0.29, 0.717) is 10.8 Å². The first-order chi connectivity index (χ1) is 5.80. The Morgan fingerprint density at radius 3 is 2.00 bits per heavy atom. The largest absolute Gasteiger partial charge is 0.327 e. The van der Waals surface area contributed by atoms with Gasteiger partial charge in [-0.3, -0.25) is 0 Å². The van der Waals surface area contributed by atoms with E-state index in [0.717, 1.165) is 19.0 Å². The molecule has 13 heavy (non-hydrogen) atoms. The van der Waals surface area contributed by atoms with E-state index in [4.69, 9.17) is 5.73 Å². The van der Waals surface area contributed by atoms with E-state index in [1.54, 1.807) is 0 Å². The molecule has 0 aliphatic heterocycles. The molecule has 1 fully saturated rings. The highest BCUT2D eigenvalue weighted by atomic mass is 14.9. The standard InChI is InChI=1S/C11H24N2/c1-8(12)6-13-7-9-10(2,3)11(9,4)5/h8-9,13H,6-7,12H2,1-5H3. The summed E-state index contributed by atoms with van der Waals surface area (Å²) in [4.78, 5) is 0. The van der Waals surface area contributed by atoms with Crippen LogP contribution in [0.2, 0.25) is 0 Å². The fourth-order valence-corrected chi connectivity index (χ4v) is 2.30. The first kappa shape index (κ1) is 11.0. The van der Waals surface area contributed by atoms with Crippen LogP contribution in [-0.2, 0) is 0 Å². The van der Waals surface area contributed by atoms with E-state index in [9.17, 15) is 0 Å². The van der Waals surface area contributed by atoms with E-state index in [1.165, 1.54) is 0 Å². The zero-order valence-electron chi connectivity index (χ0n) is 9.65. The molecule has 0 saturated heterocycles. The van der Waals surface area contributed by atoms with Crippen molar-refractivity contribution < 1.29 is 0 Å². The lowest BCUT2D eigenvalue weighted by atomic mass is 10.0. The molecule has 0 amide bonds. The van der Waals surface area contributed by atoms with Crippen LogP contribution in [0.3, 0.4) is 0 Å². The van der Waals surface area contributed by atoms with Gasteiger partial charge in [0.1, 0.15) is 0 Å². The number of nitrogens with one attached hydrogen (secondary N) is 1. The van der Waals surface area contributed by atoms with Crippen LogP contribution in [0.25, 0.3) is 0 Å². The summed E-state index contributed by atoms with van der Waals surface area (Å²) < 4.78 is 0. The van der Waals surface area contributed by atoms with Crippen molar-refractivity contribution in [2.75, 3.05) is 13.1 Å². The molecule has 0 aromatic heterocycles. The third kappa shape index (κ3) is 1.89. The molecule has 1 saturated carbocycles. The number of rotatable bonds is 4. The Bertz CT molecular complexity index is 169. The van der Waals surface area contributed by atoms with Crippen molar-refractivity contribution in [3.63, 3.8) is 0 Å². The van der Waals surface area contributed by atoms with Crippen molar-refractivity contribution in [3.8, 4) is 0 Å². The van der Waals surface area contributed by atoms with Gasteiger partial charge in [0.25, 0.3) is 0 Å².